The van der Waals surface area contributed by atoms with Gasteiger partial charge in [-0.1, -0.05) is 84.5 Å². The fourth-order valence-corrected chi connectivity index (χ4v) is 5.56. The Morgan fingerprint density at radius 3 is 2.17 bits per heavy atom. The Bertz CT molecular complexity index is 1400. The molecule has 0 bridgehead atoms. The number of hydrogen-bond donors (Lipinski definition) is 1. The van der Waals surface area contributed by atoms with Crippen molar-refractivity contribution in [2.24, 2.45) is 0 Å². The molecule has 214 valence electrons. The first kappa shape index (κ1) is 31.7. The van der Waals surface area contributed by atoms with E-state index in [1.165, 1.54) is 17.0 Å². The molecule has 1 atom stereocenters. The van der Waals surface area contributed by atoms with Gasteiger partial charge < -0.3 is 10.2 Å². The van der Waals surface area contributed by atoms with Gasteiger partial charge in [-0.05, 0) is 53.9 Å². The van der Waals surface area contributed by atoms with Gasteiger partial charge in [-0.2, -0.15) is 0 Å². The van der Waals surface area contributed by atoms with Crippen molar-refractivity contribution in [3.8, 4) is 0 Å². The highest BCUT2D eigenvalue weighted by Gasteiger charge is 2.33. The first-order valence-corrected chi connectivity index (χ1v) is 15.8. The SMILES string of the molecule is CCCCNC(=O)[C@H](Cc1ccccc1)N(Cc1ccc(Cl)cc1Cl)C(=O)CN(c1ccc(Cl)cc1)S(C)(=O)=O. The summed E-state index contributed by atoms with van der Waals surface area (Å²) >= 11 is 18.6. The Morgan fingerprint density at radius 2 is 1.57 bits per heavy atom. The predicted octanol–water partition coefficient (Wildman–Crippen LogP) is 5.97. The quantitative estimate of drug-likeness (QED) is 0.238. The van der Waals surface area contributed by atoms with Crippen LogP contribution in [0, 0.1) is 0 Å². The van der Waals surface area contributed by atoms with E-state index in [0.717, 1.165) is 29.0 Å². The zero-order valence-corrected chi connectivity index (χ0v) is 25.4. The van der Waals surface area contributed by atoms with Crippen LogP contribution in [0.25, 0.3) is 0 Å². The third-order valence-corrected chi connectivity index (χ3v) is 8.23. The smallest absolute Gasteiger partial charge is 0.244 e. The van der Waals surface area contributed by atoms with Gasteiger partial charge in [0.15, 0.2) is 0 Å². The van der Waals surface area contributed by atoms with Crippen molar-refractivity contribution in [1.29, 1.82) is 0 Å². The van der Waals surface area contributed by atoms with E-state index in [-0.39, 0.29) is 24.6 Å². The molecular formula is C29H32Cl3N3O4S. The number of nitrogens with zero attached hydrogens (tertiary/aromatic N) is 2. The van der Waals surface area contributed by atoms with Crippen LogP contribution < -0.4 is 9.62 Å². The second kappa shape index (κ2) is 14.7. The van der Waals surface area contributed by atoms with E-state index in [0.29, 0.717) is 27.2 Å². The van der Waals surface area contributed by atoms with Gasteiger partial charge in [0.05, 0.1) is 11.9 Å². The number of halogens is 3. The van der Waals surface area contributed by atoms with Crippen molar-refractivity contribution >= 4 is 62.3 Å². The molecule has 0 saturated carbocycles. The summed E-state index contributed by atoms with van der Waals surface area (Å²) in [4.78, 5) is 29.0. The van der Waals surface area contributed by atoms with Crippen molar-refractivity contribution in [2.45, 2.75) is 38.8 Å². The average Bonchev–Trinajstić information content (AvgIpc) is 2.91. The minimum atomic E-state index is -3.87. The van der Waals surface area contributed by atoms with Crippen molar-refractivity contribution in [1.82, 2.24) is 10.2 Å². The number of benzene rings is 3. The van der Waals surface area contributed by atoms with Crippen molar-refractivity contribution in [2.75, 3.05) is 23.7 Å². The monoisotopic (exact) mass is 623 g/mol. The van der Waals surface area contributed by atoms with Crippen molar-refractivity contribution < 1.29 is 18.0 Å². The number of rotatable bonds is 13. The second-order valence-corrected chi connectivity index (χ2v) is 12.5. The van der Waals surface area contributed by atoms with E-state index in [4.69, 9.17) is 34.8 Å². The number of nitrogens with one attached hydrogen (secondary N) is 1. The van der Waals surface area contributed by atoms with E-state index < -0.39 is 28.5 Å². The number of amides is 2. The molecule has 0 saturated heterocycles. The lowest BCUT2D eigenvalue weighted by atomic mass is 10.0. The normalized spacial score (nSPS) is 12.0. The summed E-state index contributed by atoms with van der Waals surface area (Å²) in [6.45, 7) is 1.90. The van der Waals surface area contributed by atoms with Crippen LogP contribution in [-0.2, 0) is 32.6 Å². The molecule has 0 aromatic heterocycles. The Hall–Kier alpha value is -2.78. The standard InChI is InChI=1S/C29H32Cl3N3O4S/c1-3-4-16-33-29(37)27(17-21-8-6-5-7-9-21)34(19-22-10-11-24(31)18-26(22)32)28(36)20-35(40(2,38)39)25-14-12-23(30)13-15-25/h5-15,18,27H,3-4,16-17,19-20H2,1-2H3,(H,33,37)/t27-/m0/s1. The largest absolute Gasteiger partial charge is 0.354 e. The Balaban J connectivity index is 2.05. The zero-order chi connectivity index (χ0) is 29.3. The van der Waals surface area contributed by atoms with Crippen LogP contribution in [0.5, 0.6) is 0 Å². The van der Waals surface area contributed by atoms with E-state index in [1.807, 2.05) is 37.3 Å². The molecule has 0 aliphatic carbocycles. The molecule has 3 aromatic rings. The highest BCUT2D eigenvalue weighted by atomic mass is 35.5. The molecule has 0 fully saturated rings. The third-order valence-electron chi connectivity index (χ3n) is 6.25. The third kappa shape index (κ3) is 9.13. The summed E-state index contributed by atoms with van der Waals surface area (Å²) in [5, 5.41) is 4.12. The van der Waals surface area contributed by atoms with Crippen LogP contribution in [0.1, 0.15) is 30.9 Å². The highest BCUT2D eigenvalue weighted by molar-refractivity contribution is 7.92. The fraction of sp³-hybridized carbons (Fsp3) is 0.310. The summed E-state index contributed by atoms with van der Waals surface area (Å²) in [6.07, 6.45) is 2.90. The number of carbonyl (C=O) groups excluding carboxylic acids is 2. The number of carbonyl (C=O) groups is 2. The van der Waals surface area contributed by atoms with E-state index in [2.05, 4.69) is 5.32 Å². The van der Waals surface area contributed by atoms with Crippen molar-refractivity contribution in [3.63, 3.8) is 0 Å². The molecule has 0 unspecified atom stereocenters. The maximum atomic E-state index is 14.0. The van der Waals surface area contributed by atoms with E-state index in [9.17, 15) is 18.0 Å². The highest BCUT2D eigenvalue weighted by Crippen LogP contribution is 2.26. The van der Waals surface area contributed by atoms with Gasteiger partial charge in [0.1, 0.15) is 12.6 Å². The molecule has 0 aliphatic rings. The maximum absolute atomic E-state index is 14.0. The Labute approximate surface area is 251 Å². The predicted molar refractivity (Wildman–Crippen MR) is 163 cm³/mol. The van der Waals surface area contributed by atoms with Gasteiger partial charge in [0, 0.05) is 34.6 Å². The molecule has 1 N–H and O–H groups in total. The molecule has 2 amide bonds. The zero-order valence-electron chi connectivity index (χ0n) is 22.3. The van der Waals surface area contributed by atoms with Gasteiger partial charge in [0.2, 0.25) is 21.8 Å². The van der Waals surface area contributed by atoms with Crippen LogP contribution >= 0.6 is 34.8 Å². The minimum Gasteiger partial charge on any atom is -0.354 e. The summed E-state index contributed by atoms with van der Waals surface area (Å²) in [7, 11) is -3.87. The summed E-state index contributed by atoms with van der Waals surface area (Å²) in [5.41, 5.74) is 1.68. The fourth-order valence-electron chi connectivity index (χ4n) is 4.11. The van der Waals surface area contributed by atoms with Crippen molar-refractivity contribution in [3.05, 3.63) is 99.0 Å². The van der Waals surface area contributed by atoms with E-state index >= 15 is 0 Å². The molecule has 3 aromatic carbocycles. The maximum Gasteiger partial charge on any atom is 0.244 e. The number of anilines is 1. The Morgan fingerprint density at radius 1 is 0.925 bits per heavy atom. The first-order chi connectivity index (χ1) is 19.0. The molecule has 0 spiro atoms. The molecule has 40 heavy (non-hydrogen) atoms. The van der Waals surface area contributed by atoms with E-state index in [1.54, 1.807) is 30.3 Å². The molecular weight excluding hydrogens is 593 g/mol. The first-order valence-electron chi connectivity index (χ1n) is 12.8. The summed E-state index contributed by atoms with van der Waals surface area (Å²) < 4.78 is 26.6. The lowest BCUT2D eigenvalue weighted by Crippen LogP contribution is -2.53. The summed E-state index contributed by atoms with van der Waals surface area (Å²) in [5.74, 6) is -0.911. The second-order valence-electron chi connectivity index (χ2n) is 9.35. The van der Waals surface area contributed by atoms with Gasteiger partial charge in [0.25, 0.3) is 0 Å². The van der Waals surface area contributed by atoms with Gasteiger partial charge in [-0.25, -0.2) is 8.42 Å². The van der Waals surface area contributed by atoms with Gasteiger partial charge in [-0.15, -0.1) is 0 Å². The lowest BCUT2D eigenvalue weighted by Gasteiger charge is -2.33. The van der Waals surface area contributed by atoms with Gasteiger partial charge in [-0.3, -0.25) is 13.9 Å². The molecule has 3 rings (SSSR count). The molecule has 0 aliphatic heterocycles. The lowest BCUT2D eigenvalue weighted by molar-refractivity contribution is -0.140. The molecule has 0 radical (unpaired) electrons. The molecule has 11 heteroatoms. The number of unbranched alkanes of at least 4 members (excludes halogenated alkanes) is 1. The summed E-state index contributed by atoms with van der Waals surface area (Å²) in [6, 6.07) is 19.4. The minimum absolute atomic E-state index is 0.0360. The average molecular weight is 625 g/mol. The van der Waals surface area contributed by atoms with Gasteiger partial charge >= 0.3 is 0 Å². The van der Waals surface area contributed by atoms with Crippen LogP contribution in [0.4, 0.5) is 5.69 Å². The van der Waals surface area contributed by atoms with Crippen LogP contribution in [0.3, 0.4) is 0 Å². The molecule has 7 nitrogen and oxygen atoms in total. The van der Waals surface area contributed by atoms with Crippen LogP contribution in [-0.4, -0.2) is 50.5 Å². The number of sulfonamides is 1. The van der Waals surface area contributed by atoms with Crippen LogP contribution in [0.15, 0.2) is 72.8 Å². The van der Waals surface area contributed by atoms with Crippen LogP contribution in [0.2, 0.25) is 15.1 Å². The topological polar surface area (TPSA) is 86.8 Å². The molecule has 0 heterocycles. The number of hydrogen-bond acceptors (Lipinski definition) is 4. The Kier molecular flexibility index (Phi) is 11.7.